The van der Waals surface area contributed by atoms with Gasteiger partial charge in [0.2, 0.25) is 6.33 Å². The second-order valence-corrected chi connectivity index (χ2v) is 4.38. The Hall–Kier alpha value is -1.81. The van der Waals surface area contributed by atoms with E-state index in [0.29, 0.717) is 6.61 Å². The molecule has 4 heteroatoms. The standard InChI is InChI=1S/C12H9N2OS/c1-2-6-12-11(5-1)13-9-14(12)15-8-10-4-3-7-16-10/h1-7H,8H2. The second kappa shape index (κ2) is 3.98. The third kappa shape index (κ3) is 1.67. The summed E-state index contributed by atoms with van der Waals surface area (Å²) in [7, 11) is 0. The molecule has 3 nitrogen and oxygen atoms in total. The van der Waals surface area contributed by atoms with Crippen LogP contribution in [0.4, 0.5) is 0 Å². The van der Waals surface area contributed by atoms with Crippen LogP contribution in [0.3, 0.4) is 0 Å². The van der Waals surface area contributed by atoms with Gasteiger partial charge in [0, 0.05) is 4.88 Å². The van der Waals surface area contributed by atoms with E-state index in [9.17, 15) is 0 Å². The summed E-state index contributed by atoms with van der Waals surface area (Å²) >= 11 is 1.68. The van der Waals surface area contributed by atoms with E-state index < -0.39 is 0 Å². The molecule has 3 rings (SSSR count). The Labute approximate surface area is 96.9 Å². The van der Waals surface area contributed by atoms with Gasteiger partial charge in [-0.1, -0.05) is 18.2 Å². The van der Waals surface area contributed by atoms with E-state index in [-0.39, 0.29) is 0 Å². The molecular formula is C12H9N2OS. The summed E-state index contributed by atoms with van der Waals surface area (Å²) in [5.41, 5.74) is 1.84. The molecular weight excluding hydrogens is 220 g/mol. The van der Waals surface area contributed by atoms with Gasteiger partial charge >= 0.3 is 0 Å². The fourth-order valence-corrected chi connectivity index (χ4v) is 2.11. The minimum absolute atomic E-state index is 0.550. The highest BCUT2D eigenvalue weighted by Gasteiger charge is 2.03. The summed E-state index contributed by atoms with van der Waals surface area (Å²) in [6.07, 6.45) is 2.83. The van der Waals surface area contributed by atoms with Crippen LogP contribution in [0.15, 0.2) is 41.8 Å². The molecule has 0 aliphatic heterocycles. The second-order valence-electron chi connectivity index (χ2n) is 3.35. The molecule has 2 heterocycles. The molecule has 0 fully saturated rings. The van der Waals surface area contributed by atoms with Crippen LogP contribution in [-0.4, -0.2) is 9.71 Å². The van der Waals surface area contributed by atoms with Crippen molar-refractivity contribution in [1.29, 1.82) is 0 Å². The van der Waals surface area contributed by atoms with Gasteiger partial charge in [-0.05, 0) is 23.6 Å². The highest BCUT2D eigenvalue weighted by atomic mass is 32.1. The number of hydrogen-bond acceptors (Lipinski definition) is 3. The van der Waals surface area contributed by atoms with Crippen molar-refractivity contribution in [2.75, 3.05) is 0 Å². The van der Waals surface area contributed by atoms with Crippen molar-refractivity contribution in [3.63, 3.8) is 0 Å². The van der Waals surface area contributed by atoms with E-state index in [1.165, 1.54) is 4.88 Å². The maximum Gasteiger partial charge on any atom is 0.216 e. The quantitative estimate of drug-likeness (QED) is 0.690. The van der Waals surface area contributed by atoms with E-state index in [0.717, 1.165) is 11.0 Å². The summed E-state index contributed by atoms with van der Waals surface area (Å²) < 4.78 is 1.59. The van der Waals surface area contributed by atoms with Gasteiger partial charge in [-0.2, -0.15) is 4.73 Å². The summed E-state index contributed by atoms with van der Waals surface area (Å²) in [5, 5.41) is 2.04. The normalized spacial score (nSPS) is 10.8. The van der Waals surface area contributed by atoms with Crippen LogP contribution in [0.5, 0.6) is 0 Å². The smallest absolute Gasteiger partial charge is 0.216 e. The van der Waals surface area contributed by atoms with Crippen molar-refractivity contribution >= 4 is 22.4 Å². The molecule has 0 unspecified atom stereocenters. The third-order valence-electron chi connectivity index (χ3n) is 2.28. The fraction of sp³-hybridized carbons (Fsp3) is 0.0833. The Balaban J connectivity index is 1.84. The Morgan fingerprint density at radius 2 is 2.19 bits per heavy atom. The van der Waals surface area contributed by atoms with Gasteiger partial charge < -0.3 is 4.84 Å². The molecule has 1 radical (unpaired) electrons. The molecule has 0 bridgehead atoms. The molecule has 1 aromatic carbocycles. The zero-order valence-corrected chi connectivity index (χ0v) is 9.28. The number of rotatable bonds is 3. The molecule has 3 aromatic rings. The maximum atomic E-state index is 5.61. The van der Waals surface area contributed by atoms with Gasteiger partial charge in [-0.25, -0.2) is 4.98 Å². The van der Waals surface area contributed by atoms with Crippen LogP contribution in [0, 0.1) is 6.33 Å². The summed E-state index contributed by atoms with van der Waals surface area (Å²) in [4.78, 5) is 10.9. The fourth-order valence-electron chi connectivity index (χ4n) is 1.50. The number of imidazole rings is 1. The Kier molecular flexibility index (Phi) is 2.34. The molecule has 0 spiro atoms. The Morgan fingerprint density at radius 3 is 3.06 bits per heavy atom. The number of aromatic nitrogens is 2. The van der Waals surface area contributed by atoms with E-state index in [4.69, 9.17) is 4.84 Å². The van der Waals surface area contributed by atoms with E-state index >= 15 is 0 Å². The van der Waals surface area contributed by atoms with Crippen molar-refractivity contribution < 1.29 is 4.84 Å². The van der Waals surface area contributed by atoms with E-state index in [1.807, 2.05) is 41.8 Å². The topological polar surface area (TPSA) is 27.1 Å². The van der Waals surface area contributed by atoms with Crippen LogP contribution in [0.25, 0.3) is 11.0 Å². The van der Waals surface area contributed by atoms with E-state index in [2.05, 4.69) is 11.3 Å². The molecule has 0 aliphatic carbocycles. The first-order chi connectivity index (χ1) is 7.93. The maximum absolute atomic E-state index is 5.61. The van der Waals surface area contributed by atoms with Crippen molar-refractivity contribution in [2.24, 2.45) is 0 Å². The molecule has 16 heavy (non-hydrogen) atoms. The lowest BCUT2D eigenvalue weighted by Crippen LogP contribution is -2.09. The average molecular weight is 229 g/mol. The summed E-state index contributed by atoms with van der Waals surface area (Å²) in [6.45, 7) is 0.550. The lowest BCUT2D eigenvalue weighted by atomic mass is 10.3. The molecule has 0 aliphatic rings. The molecule has 0 atom stereocenters. The average Bonchev–Trinajstić information content (AvgIpc) is 2.96. The highest BCUT2D eigenvalue weighted by Crippen LogP contribution is 2.12. The predicted octanol–water partition coefficient (Wildman–Crippen LogP) is 2.53. The first-order valence-electron chi connectivity index (χ1n) is 4.94. The number of para-hydroxylation sites is 2. The van der Waals surface area contributed by atoms with E-state index in [1.54, 1.807) is 16.1 Å². The van der Waals surface area contributed by atoms with Gasteiger partial charge in [0.1, 0.15) is 12.1 Å². The number of benzene rings is 1. The lowest BCUT2D eigenvalue weighted by Gasteiger charge is -2.04. The van der Waals surface area contributed by atoms with Gasteiger partial charge in [-0.15, -0.1) is 11.3 Å². The minimum atomic E-state index is 0.550. The van der Waals surface area contributed by atoms with Gasteiger partial charge in [-0.3, -0.25) is 0 Å². The third-order valence-corrected chi connectivity index (χ3v) is 3.13. The molecule has 0 saturated carbocycles. The minimum Gasteiger partial charge on any atom is -0.406 e. The molecule has 2 aromatic heterocycles. The molecule has 79 valence electrons. The van der Waals surface area contributed by atoms with Gasteiger partial charge in [0.15, 0.2) is 0 Å². The summed E-state index contributed by atoms with van der Waals surface area (Å²) in [6, 6.07) is 11.9. The number of hydrogen-bond donors (Lipinski definition) is 0. The largest absolute Gasteiger partial charge is 0.406 e. The highest BCUT2D eigenvalue weighted by molar-refractivity contribution is 7.09. The zero-order chi connectivity index (χ0) is 10.8. The number of nitrogens with zero attached hydrogens (tertiary/aromatic N) is 2. The monoisotopic (exact) mass is 229 g/mol. The van der Waals surface area contributed by atoms with Gasteiger partial charge in [0.05, 0.1) is 5.52 Å². The first-order valence-corrected chi connectivity index (χ1v) is 5.82. The van der Waals surface area contributed by atoms with Crippen LogP contribution in [-0.2, 0) is 6.61 Å². The Morgan fingerprint density at radius 1 is 1.25 bits per heavy atom. The van der Waals surface area contributed by atoms with Crippen LogP contribution < -0.4 is 4.84 Å². The van der Waals surface area contributed by atoms with Crippen molar-refractivity contribution in [2.45, 2.75) is 6.61 Å². The van der Waals surface area contributed by atoms with Crippen molar-refractivity contribution in [3.8, 4) is 0 Å². The Bertz CT molecular complexity index is 586. The van der Waals surface area contributed by atoms with Crippen molar-refractivity contribution in [1.82, 2.24) is 9.71 Å². The number of thiophene rings is 1. The molecule has 0 amide bonds. The van der Waals surface area contributed by atoms with Crippen LogP contribution in [0.1, 0.15) is 4.88 Å². The summed E-state index contributed by atoms with van der Waals surface area (Å²) in [5.74, 6) is 0. The molecule has 0 N–H and O–H groups in total. The number of fused-ring (bicyclic) bond motifs is 1. The van der Waals surface area contributed by atoms with Crippen LogP contribution in [0.2, 0.25) is 0 Å². The zero-order valence-electron chi connectivity index (χ0n) is 8.46. The lowest BCUT2D eigenvalue weighted by molar-refractivity contribution is 0.106. The predicted molar refractivity (Wildman–Crippen MR) is 63.2 cm³/mol. The van der Waals surface area contributed by atoms with Gasteiger partial charge in [0.25, 0.3) is 0 Å². The first kappa shape index (κ1) is 9.42. The van der Waals surface area contributed by atoms with Crippen molar-refractivity contribution in [3.05, 3.63) is 53.0 Å². The molecule has 0 saturated heterocycles. The van der Waals surface area contributed by atoms with Crippen LogP contribution >= 0.6 is 11.3 Å². The SMILES string of the molecule is [c]1nc2ccccc2n1OCc1cccs1.